The summed E-state index contributed by atoms with van der Waals surface area (Å²) in [6.45, 7) is 7.11. The molecular weight excluding hydrogens is 500 g/mol. The Morgan fingerprint density at radius 3 is 2.67 bits per heavy atom. The molecule has 0 bridgehead atoms. The van der Waals surface area contributed by atoms with Crippen molar-refractivity contribution in [3.05, 3.63) is 75.2 Å². The maximum Gasteiger partial charge on any atom is 0.338 e. The summed E-state index contributed by atoms with van der Waals surface area (Å²) in [5.41, 5.74) is 3.48. The second-order valence-corrected chi connectivity index (χ2v) is 8.88. The van der Waals surface area contributed by atoms with Crippen LogP contribution in [-0.2, 0) is 4.74 Å². The van der Waals surface area contributed by atoms with Gasteiger partial charge < -0.3 is 15.0 Å². The molecule has 0 spiro atoms. The predicted molar refractivity (Wildman–Crippen MR) is 137 cm³/mol. The highest BCUT2D eigenvalue weighted by Gasteiger charge is 2.10. The van der Waals surface area contributed by atoms with Gasteiger partial charge in [0.25, 0.3) is 0 Å². The summed E-state index contributed by atoms with van der Waals surface area (Å²) in [7, 11) is 0. The molecule has 6 nitrogen and oxygen atoms in total. The van der Waals surface area contributed by atoms with Crippen molar-refractivity contribution < 1.29 is 9.53 Å². The Bertz CT molecular complexity index is 1150. The van der Waals surface area contributed by atoms with Crippen LogP contribution in [0.2, 0.25) is 0 Å². The zero-order chi connectivity index (χ0) is 23.6. The summed E-state index contributed by atoms with van der Waals surface area (Å²) in [5.74, 6) is -0.343. The Hall–Kier alpha value is -2.99. The van der Waals surface area contributed by atoms with E-state index < -0.39 is 0 Å². The Balaban J connectivity index is 1.60. The van der Waals surface area contributed by atoms with Crippen LogP contribution in [0.15, 0.2) is 64.6 Å². The van der Waals surface area contributed by atoms with Gasteiger partial charge in [0.15, 0.2) is 0 Å². The fraction of sp³-hybridized carbons (Fsp3) is 0.240. The molecular formula is C25H25BrN4O2S. The zero-order valence-electron chi connectivity index (χ0n) is 18.5. The second kappa shape index (κ2) is 12.3. The molecule has 0 radical (unpaired) electrons. The number of allylic oxidation sites excluding steroid dienone is 1. The van der Waals surface area contributed by atoms with Gasteiger partial charge in [-0.3, -0.25) is 0 Å². The van der Waals surface area contributed by atoms with Gasteiger partial charge in [0.1, 0.15) is 23.3 Å². The lowest BCUT2D eigenvalue weighted by Gasteiger charge is -2.17. The topological polar surface area (TPSA) is 78.2 Å². The Morgan fingerprint density at radius 1 is 1.24 bits per heavy atom. The van der Waals surface area contributed by atoms with Gasteiger partial charge in [-0.1, -0.05) is 41.9 Å². The number of benzene rings is 2. The van der Waals surface area contributed by atoms with Gasteiger partial charge >= 0.3 is 5.97 Å². The van der Waals surface area contributed by atoms with Crippen LogP contribution in [-0.4, -0.2) is 42.1 Å². The fourth-order valence-electron chi connectivity index (χ4n) is 3.07. The van der Waals surface area contributed by atoms with Gasteiger partial charge in [-0.15, -0.1) is 11.3 Å². The van der Waals surface area contributed by atoms with Crippen LogP contribution in [0.5, 0.6) is 0 Å². The zero-order valence-corrected chi connectivity index (χ0v) is 20.9. The van der Waals surface area contributed by atoms with Crippen molar-refractivity contribution >= 4 is 44.5 Å². The normalized spacial score (nSPS) is 11.3. The third-order valence-corrected chi connectivity index (χ3v) is 6.38. The van der Waals surface area contributed by atoms with Crippen LogP contribution < -0.4 is 5.32 Å². The Morgan fingerprint density at radius 2 is 2.00 bits per heavy atom. The van der Waals surface area contributed by atoms with Gasteiger partial charge in [0.2, 0.25) is 0 Å². The molecule has 3 rings (SSSR count). The molecule has 0 aliphatic rings. The number of hydrogen-bond acceptors (Lipinski definition) is 7. The number of ether oxygens (including phenoxy) is 1. The molecule has 0 fully saturated rings. The van der Waals surface area contributed by atoms with Crippen molar-refractivity contribution in [2.75, 3.05) is 31.6 Å². The van der Waals surface area contributed by atoms with Crippen molar-refractivity contribution in [2.45, 2.75) is 13.8 Å². The number of esters is 1. The number of hydrogen-bond donors (Lipinski definition) is 1. The molecule has 3 aromatic rings. The maximum absolute atomic E-state index is 12.2. The van der Waals surface area contributed by atoms with Crippen LogP contribution in [0.4, 0.5) is 5.69 Å². The number of aromatic nitrogens is 1. The quantitative estimate of drug-likeness (QED) is 0.257. The number of nitrogens with zero attached hydrogens (tertiary/aromatic N) is 3. The van der Waals surface area contributed by atoms with E-state index in [4.69, 9.17) is 4.74 Å². The number of thiazole rings is 1. The molecule has 0 saturated carbocycles. The summed E-state index contributed by atoms with van der Waals surface area (Å²) in [6.07, 6.45) is 1.63. The van der Waals surface area contributed by atoms with Crippen LogP contribution in [0.3, 0.4) is 0 Å². The first-order valence-corrected chi connectivity index (χ1v) is 12.3. The second-order valence-electron chi connectivity index (χ2n) is 7.10. The molecule has 1 heterocycles. The first-order chi connectivity index (χ1) is 16.0. The van der Waals surface area contributed by atoms with E-state index in [0.717, 1.165) is 41.1 Å². The van der Waals surface area contributed by atoms with E-state index >= 15 is 0 Å². The minimum Gasteiger partial charge on any atom is -0.461 e. The lowest BCUT2D eigenvalue weighted by molar-refractivity contribution is 0.0466. The number of anilines is 1. The summed E-state index contributed by atoms with van der Waals surface area (Å²) < 4.78 is 6.33. The highest BCUT2D eigenvalue weighted by atomic mass is 79.9. The van der Waals surface area contributed by atoms with Crippen LogP contribution in [0.25, 0.3) is 16.8 Å². The van der Waals surface area contributed by atoms with Crippen LogP contribution in [0.1, 0.15) is 29.2 Å². The average molecular weight is 525 g/mol. The molecule has 170 valence electrons. The van der Waals surface area contributed by atoms with Gasteiger partial charge in [-0.25, -0.2) is 9.78 Å². The molecule has 0 atom stereocenters. The fourth-order valence-corrected chi connectivity index (χ4v) is 4.26. The molecule has 8 heteroatoms. The lowest BCUT2D eigenvalue weighted by atomic mass is 10.2. The van der Waals surface area contributed by atoms with E-state index in [1.54, 1.807) is 30.5 Å². The smallest absolute Gasteiger partial charge is 0.338 e. The number of carbonyl (C=O) groups is 1. The molecule has 0 aliphatic heterocycles. The summed E-state index contributed by atoms with van der Waals surface area (Å²) >= 11 is 4.88. The molecule has 2 aromatic carbocycles. The van der Waals surface area contributed by atoms with Crippen LogP contribution >= 0.6 is 27.3 Å². The highest BCUT2D eigenvalue weighted by molar-refractivity contribution is 9.10. The minimum absolute atomic E-state index is 0.343. The van der Waals surface area contributed by atoms with E-state index in [0.29, 0.717) is 22.8 Å². The monoisotopic (exact) mass is 524 g/mol. The largest absolute Gasteiger partial charge is 0.461 e. The van der Waals surface area contributed by atoms with E-state index in [2.05, 4.69) is 51.0 Å². The van der Waals surface area contributed by atoms with Gasteiger partial charge in [-0.2, -0.15) is 5.26 Å². The van der Waals surface area contributed by atoms with Crippen molar-refractivity contribution in [2.24, 2.45) is 0 Å². The van der Waals surface area contributed by atoms with Crippen LogP contribution in [0, 0.1) is 11.3 Å². The van der Waals surface area contributed by atoms with E-state index in [9.17, 15) is 10.1 Å². The average Bonchev–Trinajstić information content (AvgIpc) is 3.33. The number of likely N-dealkylation sites (N-methyl/N-ethyl adjacent to an activating group) is 1. The number of rotatable bonds is 10. The molecule has 1 N–H and O–H groups in total. The van der Waals surface area contributed by atoms with Gasteiger partial charge in [0, 0.05) is 33.8 Å². The minimum atomic E-state index is -0.343. The summed E-state index contributed by atoms with van der Waals surface area (Å²) in [4.78, 5) is 19.0. The standard InChI is InChI=1S/C25H25BrN4O2S/c1-3-30(4-2)12-13-32-25(31)18-8-10-22(11-9-18)28-16-20(15-27)24-29-23(17-33-24)19-6-5-7-21(26)14-19/h5-11,14,16-17,28H,3-4,12-13H2,1-2H3. The van der Waals surface area contributed by atoms with Gasteiger partial charge in [0.05, 0.1) is 11.3 Å². The molecule has 0 saturated heterocycles. The van der Waals surface area contributed by atoms with Crippen molar-refractivity contribution in [1.82, 2.24) is 9.88 Å². The molecule has 0 amide bonds. The molecule has 1 aromatic heterocycles. The SMILES string of the molecule is CCN(CC)CCOC(=O)c1ccc(NC=C(C#N)c2nc(-c3cccc(Br)c3)cs2)cc1. The number of nitrogens with one attached hydrogen (secondary N) is 1. The lowest BCUT2D eigenvalue weighted by Crippen LogP contribution is -2.27. The Kier molecular flexibility index (Phi) is 9.19. The Labute approximate surface area is 206 Å². The van der Waals surface area contributed by atoms with Crippen molar-refractivity contribution in [3.63, 3.8) is 0 Å². The van der Waals surface area contributed by atoms with E-state index in [1.807, 2.05) is 29.6 Å². The van der Waals surface area contributed by atoms with Gasteiger partial charge in [-0.05, 0) is 49.5 Å². The number of halogens is 1. The van der Waals surface area contributed by atoms with E-state index in [1.165, 1.54) is 11.3 Å². The van der Waals surface area contributed by atoms with Crippen molar-refractivity contribution in [1.29, 1.82) is 5.26 Å². The van der Waals surface area contributed by atoms with Crippen molar-refractivity contribution in [3.8, 4) is 17.3 Å². The number of carbonyl (C=O) groups excluding carboxylic acids is 1. The third-order valence-electron chi connectivity index (χ3n) is 5.01. The van der Waals surface area contributed by atoms with E-state index in [-0.39, 0.29) is 5.97 Å². The number of nitriles is 1. The molecule has 0 unspecified atom stereocenters. The predicted octanol–water partition coefficient (Wildman–Crippen LogP) is 6.05. The first-order valence-electron chi connectivity index (χ1n) is 10.6. The molecule has 33 heavy (non-hydrogen) atoms. The summed E-state index contributed by atoms with van der Waals surface area (Å²) in [5, 5.41) is 15.3. The first kappa shape index (κ1) is 24.6. The third kappa shape index (κ3) is 6.99. The molecule has 0 aliphatic carbocycles. The maximum atomic E-state index is 12.2. The highest BCUT2D eigenvalue weighted by Crippen LogP contribution is 2.27. The summed E-state index contributed by atoms with van der Waals surface area (Å²) in [6, 6.07) is 17.0.